The number of nitrogens with one attached hydrogen (secondary N) is 1. The predicted molar refractivity (Wildman–Crippen MR) is 103 cm³/mol. The van der Waals surface area contributed by atoms with Crippen LogP contribution in [0.2, 0.25) is 0 Å². The Kier molecular flexibility index (Phi) is 4.14. The summed E-state index contributed by atoms with van der Waals surface area (Å²) < 4.78 is 0. The summed E-state index contributed by atoms with van der Waals surface area (Å²) in [6.45, 7) is 4.02. The van der Waals surface area contributed by atoms with Gasteiger partial charge in [0.1, 0.15) is 0 Å². The average Bonchev–Trinajstić information content (AvgIpc) is 3.00. The third-order valence-corrected chi connectivity index (χ3v) is 5.74. The van der Waals surface area contributed by atoms with Crippen LogP contribution in [-0.4, -0.2) is 38.9 Å². The molecule has 4 rings (SSSR count). The van der Waals surface area contributed by atoms with Gasteiger partial charge in [-0.1, -0.05) is 54.6 Å². The number of Topliss-reactive ketones (excluding diaryl/α,β-unsaturated/α-hetero) is 1. The molecule has 2 aromatic rings. The molecule has 1 heterocycles. The SMILES string of the molecule is CCN1C(C)=C(C(=O)NCc2ccccc2)C2(O)C(=O)c3ccccc3C12O. The molecule has 2 atom stereocenters. The maximum Gasteiger partial charge on any atom is 0.252 e. The summed E-state index contributed by atoms with van der Waals surface area (Å²) in [5.41, 5.74) is -2.63. The van der Waals surface area contributed by atoms with E-state index in [0.717, 1.165) is 5.56 Å². The lowest BCUT2D eigenvalue weighted by atomic mass is 9.84. The number of carbonyl (C=O) groups excluding carboxylic acids is 2. The summed E-state index contributed by atoms with van der Waals surface area (Å²) >= 11 is 0. The van der Waals surface area contributed by atoms with Gasteiger partial charge in [0.15, 0.2) is 0 Å². The summed E-state index contributed by atoms with van der Waals surface area (Å²) in [6.07, 6.45) is 0. The van der Waals surface area contributed by atoms with Crippen LogP contribution in [0.15, 0.2) is 65.9 Å². The van der Waals surface area contributed by atoms with E-state index in [0.29, 0.717) is 17.8 Å². The minimum absolute atomic E-state index is 0.103. The highest BCUT2D eigenvalue weighted by Gasteiger charge is 2.72. The molecule has 3 N–H and O–H groups in total. The zero-order valence-electron chi connectivity index (χ0n) is 15.8. The van der Waals surface area contributed by atoms with Crippen molar-refractivity contribution < 1.29 is 19.8 Å². The number of carbonyl (C=O) groups is 2. The molecule has 0 aromatic heterocycles. The van der Waals surface area contributed by atoms with Gasteiger partial charge in [-0.3, -0.25) is 9.59 Å². The van der Waals surface area contributed by atoms with Crippen molar-refractivity contribution in [1.29, 1.82) is 0 Å². The minimum Gasteiger partial charge on any atom is -0.372 e. The number of nitrogens with zero attached hydrogens (tertiary/aromatic N) is 1. The number of amides is 1. The van der Waals surface area contributed by atoms with Crippen LogP contribution in [0, 0.1) is 0 Å². The zero-order valence-corrected chi connectivity index (χ0v) is 15.8. The molecule has 6 nitrogen and oxygen atoms in total. The van der Waals surface area contributed by atoms with Gasteiger partial charge in [0, 0.05) is 29.9 Å². The summed E-state index contributed by atoms with van der Waals surface area (Å²) in [7, 11) is 0. The van der Waals surface area contributed by atoms with E-state index in [-0.39, 0.29) is 17.7 Å². The van der Waals surface area contributed by atoms with E-state index in [1.807, 2.05) is 30.3 Å². The average molecular weight is 378 g/mol. The standard InChI is InChI=1S/C22H22N2O4/c1-3-24-14(2)18(20(26)23-13-15-9-5-4-6-10-15)21(27)19(25)16-11-7-8-12-17(16)22(21,24)28/h4-12,27-28H,3,13H2,1-2H3,(H,23,26). The fourth-order valence-electron chi connectivity index (χ4n) is 4.46. The number of hydrogen-bond acceptors (Lipinski definition) is 5. The van der Waals surface area contributed by atoms with E-state index < -0.39 is 23.0 Å². The normalized spacial score (nSPS) is 25.7. The van der Waals surface area contributed by atoms with Crippen LogP contribution in [0.1, 0.15) is 35.3 Å². The second-order valence-electron chi connectivity index (χ2n) is 7.13. The van der Waals surface area contributed by atoms with Crippen LogP contribution in [0.4, 0.5) is 0 Å². The Morgan fingerprint density at radius 1 is 1.07 bits per heavy atom. The van der Waals surface area contributed by atoms with Gasteiger partial charge in [0.25, 0.3) is 5.91 Å². The van der Waals surface area contributed by atoms with Gasteiger partial charge in [-0.05, 0) is 19.4 Å². The van der Waals surface area contributed by atoms with Gasteiger partial charge in [-0.15, -0.1) is 0 Å². The number of allylic oxidation sites excluding steroid dienone is 1. The van der Waals surface area contributed by atoms with E-state index in [2.05, 4.69) is 5.32 Å². The number of ketones is 1. The van der Waals surface area contributed by atoms with Crippen LogP contribution < -0.4 is 5.32 Å². The number of fused-ring (bicyclic) bond motifs is 3. The molecule has 0 fully saturated rings. The molecular weight excluding hydrogens is 356 g/mol. The van der Waals surface area contributed by atoms with Gasteiger partial charge in [0.05, 0.1) is 5.57 Å². The van der Waals surface area contributed by atoms with Gasteiger partial charge in [-0.2, -0.15) is 0 Å². The second kappa shape index (κ2) is 6.29. The molecule has 0 bridgehead atoms. The van der Waals surface area contributed by atoms with E-state index in [9.17, 15) is 19.8 Å². The number of hydrogen-bond donors (Lipinski definition) is 3. The van der Waals surface area contributed by atoms with Crippen LogP contribution in [0.3, 0.4) is 0 Å². The molecule has 0 saturated heterocycles. The highest BCUT2D eigenvalue weighted by molar-refractivity contribution is 6.17. The molecule has 0 radical (unpaired) electrons. The Labute approximate surface area is 163 Å². The number of likely N-dealkylation sites (N-methyl/N-ethyl adjacent to an activating group) is 1. The topological polar surface area (TPSA) is 89.9 Å². The Bertz CT molecular complexity index is 1000. The Balaban J connectivity index is 1.77. The van der Waals surface area contributed by atoms with Crippen molar-refractivity contribution in [3.63, 3.8) is 0 Å². The third kappa shape index (κ3) is 2.16. The van der Waals surface area contributed by atoms with Crippen LogP contribution >= 0.6 is 0 Å². The quantitative estimate of drug-likeness (QED) is 0.753. The number of aliphatic hydroxyl groups is 2. The predicted octanol–water partition coefficient (Wildman–Crippen LogP) is 1.68. The maximum absolute atomic E-state index is 13.2. The van der Waals surface area contributed by atoms with Crippen molar-refractivity contribution in [1.82, 2.24) is 10.2 Å². The largest absolute Gasteiger partial charge is 0.372 e. The van der Waals surface area contributed by atoms with Crippen molar-refractivity contribution in [3.8, 4) is 0 Å². The Morgan fingerprint density at radius 2 is 1.71 bits per heavy atom. The Morgan fingerprint density at radius 3 is 2.39 bits per heavy atom. The highest BCUT2D eigenvalue weighted by atomic mass is 16.4. The molecule has 1 amide bonds. The van der Waals surface area contributed by atoms with Gasteiger partial charge < -0.3 is 20.4 Å². The minimum atomic E-state index is -2.35. The molecular formula is C22H22N2O4. The summed E-state index contributed by atoms with van der Waals surface area (Å²) in [6, 6.07) is 15.9. The molecule has 0 spiro atoms. The highest BCUT2D eigenvalue weighted by Crippen LogP contribution is 2.56. The number of rotatable bonds is 4. The molecule has 6 heteroatoms. The van der Waals surface area contributed by atoms with Crippen molar-refractivity contribution in [3.05, 3.63) is 82.6 Å². The van der Waals surface area contributed by atoms with Crippen molar-refractivity contribution >= 4 is 11.7 Å². The lowest BCUT2D eigenvalue weighted by molar-refractivity contribution is -0.171. The molecule has 144 valence electrons. The van der Waals surface area contributed by atoms with Gasteiger partial charge >= 0.3 is 0 Å². The fraction of sp³-hybridized carbons (Fsp3) is 0.273. The molecule has 0 saturated carbocycles. The van der Waals surface area contributed by atoms with Crippen LogP contribution in [0.5, 0.6) is 0 Å². The van der Waals surface area contributed by atoms with Crippen LogP contribution in [0.25, 0.3) is 0 Å². The van der Waals surface area contributed by atoms with Gasteiger partial charge in [-0.25, -0.2) is 0 Å². The number of benzene rings is 2. The molecule has 2 aromatic carbocycles. The molecule has 2 unspecified atom stereocenters. The van der Waals surface area contributed by atoms with Crippen molar-refractivity contribution in [2.24, 2.45) is 0 Å². The van der Waals surface area contributed by atoms with E-state index in [4.69, 9.17) is 0 Å². The summed E-state index contributed by atoms with van der Waals surface area (Å²) in [5.74, 6) is -1.23. The zero-order chi connectivity index (χ0) is 20.1. The third-order valence-electron chi connectivity index (χ3n) is 5.74. The van der Waals surface area contributed by atoms with Crippen LogP contribution in [-0.2, 0) is 17.1 Å². The first kappa shape index (κ1) is 18.4. The van der Waals surface area contributed by atoms with E-state index >= 15 is 0 Å². The van der Waals surface area contributed by atoms with Crippen molar-refractivity contribution in [2.45, 2.75) is 31.7 Å². The van der Waals surface area contributed by atoms with E-state index in [1.54, 1.807) is 38.1 Å². The fourth-order valence-corrected chi connectivity index (χ4v) is 4.46. The van der Waals surface area contributed by atoms with Gasteiger partial charge in [0.2, 0.25) is 17.1 Å². The monoisotopic (exact) mass is 378 g/mol. The first-order valence-corrected chi connectivity index (χ1v) is 9.27. The first-order chi connectivity index (χ1) is 13.4. The lowest BCUT2D eigenvalue weighted by Gasteiger charge is -2.39. The first-order valence-electron chi connectivity index (χ1n) is 9.27. The smallest absolute Gasteiger partial charge is 0.252 e. The molecule has 28 heavy (non-hydrogen) atoms. The molecule has 1 aliphatic carbocycles. The second-order valence-corrected chi connectivity index (χ2v) is 7.13. The summed E-state index contributed by atoms with van der Waals surface area (Å²) in [4.78, 5) is 27.7. The lowest BCUT2D eigenvalue weighted by Crippen LogP contribution is -2.58. The summed E-state index contributed by atoms with van der Waals surface area (Å²) in [5, 5.41) is 25.9. The van der Waals surface area contributed by atoms with Crippen molar-refractivity contribution in [2.75, 3.05) is 6.54 Å². The molecule has 2 aliphatic rings. The Hall–Kier alpha value is -2.96. The maximum atomic E-state index is 13.2. The van der Waals surface area contributed by atoms with E-state index in [1.165, 1.54) is 4.90 Å². The molecule has 1 aliphatic heterocycles.